The topological polar surface area (TPSA) is 68.0 Å². The molecule has 4 heteroatoms. The Balaban J connectivity index is 2.18. The van der Waals surface area contributed by atoms with E-state index >= 15 is 0 Å². The summed E-state index contributed by atoms with van der Waals surface area (Å²) in [7, 11) is 0. The van der Waals surface area contributed by atoms with Crippen LogP contribution >= 0.6 is 0 Å². The van der Waals surface area contributed by atoms with Gasteiger partial charge < -0.3 is 11.1 Å². The first-order valence-corrected chi connectivity index (χ1v) is 6.89. The van der Waals surface area contributed by atoms with Crippen molar-refractivity contribution in [2.45, 2.75) is 39.5 Å². The van der Waals surface area contributed by atoms with Crippen LogP contribution in [-0.4, -0.2) is 24.0 Å². The van der Waals surface area contributed by atoms with E-state index in [2.05, 4.69) is 24.1 Å². The molecule has 0 aliphatic rings. The van der Waals surface area contributed by atoms with E-state index in [0.717, 1.165) is 19.3 Å². The summed E-state index contributed by atoms with van der Waals surface area (Å²) in [5.41, 5.74) is 6.90. The highest BCUT2D eigenvalue weighted by Crippen LogP contribution is 2.25. The number of nitrogens with one attached hydrogen (secondary N) is 1. The molecule has 0 saturated heterocycles. The molecule has 1 aromatic rings. The number of hydrogen-bond donors (Lipinski definition) is 2. The van der Waals surface area contributed by atoms with Gasteiger partial charge >= 0.3 is 0 Å². The summed E-state index contributed by atoms with van der Waals surface area (Å²) < 4.78 is 0. The van der Waals surface area contributed by atoms with Gasteiger partial charge in [-0.15, -0.1) is 0 Å². The van der Waals surface area contributed by atoms with Gasteiger partial charge in [0.05, 0.1) is 0 Å². The van der Waals surface area contributed by atoms with Crippen LogP contribution in [0.3, 0.4) is 0 Å². The molecule has 0 unspecified atom stereocenters. The fourth-order valence-corrected chi connectivity index (χ4v) is 1.95. The lowest BCUT2D eigenvalue weighted by Gasteiger charge is -2.23. The number of rotatable bonds is 8. The molecule has 0 spiro atoms. The van der Waals surface area contributed by atoms with Gasteiger partial charge in [0.2, 0.25) is 5.91 Å². The molecule has 0 atom stereocenters. The van der Waals surface area contributed by atoms with Gasteiger partial charge in [0, 0.05) is 25.4 Å². The third kappa shape index (κ3) is 6.91. The number of nitrogens with zero attached hydrogens (tertiary/aromatic N) is 1. The Kier molecular flexibility index (Phi) is 6.50. The molecule has 0 aromatic carbocycles. The monoisotopic (exact) mass is 263 g/mol. The van der Waals surface area contributed by atoms with Gasteiger partial charge in [-0.2, -0.15) is 0 Å². The molecule has 0 aliphatic heterocycles. The van der Waals surface area contributed by atoms with Crippen LogP contribution < -0.4 is 11.1 Å². The molecular formula is C15H25N3O. The zero-order valence-corrected chi connectivity index (χ0v) is 12.0. The standard InChI is InChI=1S/C15H25N3O/c1-15(2,8-9-16)7-3-14(19)18-12-6-13-4-10-17-11-5-13/h4-5,10-11H,3,6-9,12,16H2,1-2H3,(H,18,19). The molecule has 19 heavy (non-hydrogen) atoms. The Hall–Kier alpha value is -1.42. The molecule has 1 amide bonds. The van der Waals surface area contributed by atoms with Crippen molar-refractivity contribution in [2.24, 2.45) is 11.1 Å². The van der Waals surface area contributed by atoms with Crippen molar-refractivity contribution in [1.29, 1.82) is 0 Å². The van der Waals surface area contributed by atoms with Crippen LogP contribution in [0.5, 0.6) is 0 Å². The molecule has 0 radical (unpaired) electrons. The van der Waals surface area contributed by atoms with Crippen LogP contribution in [-0.2, 0) is 11.2 Å². The van der Waals surface area contributed by atoms with Crippen molar-refractivity contribution in [3.05, 3.63) is 30.1 Å². The fraction of sp³-hybridized carbons (Fsp3) is 0.600. The predicted molar refractivity (Wildman–Crippen MR) is 77.6 cm³/mol. The first kappa shape index (κ1) is 15.6. The normalized spacial score (nSPS) is 11.3. The van der Waals surface area contributed by atoms with E-state index in [4.69, 9.17) is 5.73 Å². The molecular weight excluding hydrogens is 238 g/mol. The fourth-order valence-electron chi connectivity index (χ4n) is 1.95. The minimum atomic E-state index is 0.124. The number of carbonyl (C=O) groups is 1. The third-order valence-electron chi connectivity index (χ3n) is 3.34. The summed E-state index contributed by atoms with van der Waals surface area (Å²) in [4.78, 5) is 15.7. The van der Waals surface area contributed by atoms with Gasteiger partial charge in [-0.3, -0.25) is 9.78 Å². The van der Waals surface area contributed by atoms with E-state index in [-0.39, 0.29) is 11.3 Å². The van der Waals surface area contributed by atoms with Crippen molar-refractivity contribution in [2.75, 3.05) is 13.1 Å². The minimum Gasteiger partial charge on any atom is -0.356 e. The maximum atomic E-state index is 11.7. The van der Waals surface area contributed by atoms with Crippen LogP contribution in [0.1, 0.15) is 38.7 Å². The largest absolute Gasteiger partial charge is 0.356 e. The van der Waals surface area contributed by atoms with Crippen LogP contribution in [0.15, 0.2) is 24.5 Å². The van der Waals surface area contributed by atoms with E-state index in [9.17, 15) is 4.79 Å². The van der Waals surface area contributed by atoms with Crippen molar-refractivity contribution in [3.63, 3.8) is 0 Å². The number of pyridine rings is 1. The van der Waals surface area contributed by atoms with E-state index < -0.39 is 0 Å². The van der Waals surface area contributed by atoms with Crippen molar-refractivity contribution in [1.82, 2.24) is 10.3 Å². The smallest absolute Gasteiger partial charge is 0.220 e. The lowest BCUT2D eigenvalue weighted by atomic mass is 9.84. The molecule has 3 N–H and O–H groups in total. The lowest BCUT2D eigenvalue weighted by Crippen LogP contribution is -2.27. The second-order valence-electron chi connectivity index (χ2n) is 5.66. The SMILES string of the molecule is CC(C)(CCN)CCC(=O)NCCc1ccncc1. The van der Waals surface area contributed by atoms with Gasteiger partial charge in [-0.1, -0.05) is 13.8 Å². The quantitative estimate of drug-likeness (QED) is 0.752. The highest BCUT2D eigenvalue weighted by Gasteiger charge is 2.17. The summed E-state index contributed by atoms with van der Waals surface area (Å²) in [6, 6.07) is 3.94. The first-order chi connectivity index (χ1) is 9.03. The molecule has 0 aliphatic carbocycles. The molecule has 0 saturated carbocycles. The summed E-state index contributed by atoms with van der Waals surface area (Å²) in [6.07, 6.45) is 6.80. The Morgan fingerprint density at radius 3 is 2.63 bits per heavy atom. The average molecular weight is 263 g/mol. The Bertz CT molecular complexity index is 376. The third-order valence-corrected chi connectivity index (χ3v) is 3.34. The molecule has 106 valence electrons. The van der Waals surface area contributed by atoms with E-state index in [1.165, 1.54) is 5.56 Å². The summed E-state index contributed by atoms with van der Waals surface area (Å²) in [6.45, 7) is 5.67. The Morgan fingerprint density at radius 1 is 1.32 bits per heavy atom. The molecule has 1 heterocycles. The molecule has 1 rings (SSSR count). The second-order valence-corrected chi connectivity index (χ2v) is 5.66. The molecule has 0 bridgehead atoms. The van der Waals surface area contributed by atoms with Crippen molar-refractivity contribution < 1.29 is 4.79 Å². The lowest BCUT2D eigenvalue weighted by molar-refractivity contribution is -0.121. The zero-order chi connectivity index (χ0) is 14.1. The minimum absolute atomic E-state index is 0.124. The first-order valence-electron chi connectivity index (χ1n) is 6.89. The number of aromatic nitrogens is 1. The maximum absolute atomic E-state index is 11.7. The van der Waals surface area contributed by atoms with E-state index in [1.54, 1.807) is 12.4 Å². The highest BCUT2D eigenvalue weighted by atomic mass is 16.1. The zero-order valence-electron chi connectivity index (χ0n) is 12.0. The summed E-state index contributed by atoms with van der Waals surface area (Å²) in [5, 5.41) is 2.96. The van der Waals surface area contributed by atoms with Gasteiger partial charge in [0.25, 0.3) is 0 Å². The number of amides is 1. The highest BCUT2D eigenvalue weighted by molar-refractivity contribution is 5.75. The van der Waals surface area contributed by atoms with Gasteiger partial charge in [0.1, 0.15) is 0 Å². The van der Waals surface area contributed by atoms with Crippen molar-refractivity contribution in [3.8, 4) is 0 Å². The Morgan fingerprint density at radius 2 is 2.00 bits per heavy atom. The van der Waals surface area contributed by atoms with Gasteiger partial charge in [-0.05, 0) is 48.9 Å². The molecule has 1 aromatic heterocycles. The molecule has 4 nitrogen and oxygen atoms in total. The van der Waals surface area contributed by atoms with Crippen LogP contribution in [0.4, 0.5) is 0 Å². The van der Waals surface area contributed by atoms with Crippen LogP contribution in [0.25, 0.3) is 0 Å². The van der Waals surface area contributed by atoms with Gasteiger partial charge in [-0.25, -0.2) is 0 Å². The second kappa shape index (κ2) is 7.89. The summed E-state index contributed by atoms with van der Waals surface area (Å²) in [5.74, 6) is 0.124. The molecule has 0 fully saturated rings. The Labute approximate surface area is 115 Å². The number of carbonyl (C=O) groups excluding carboxylic acids is 1. The average Bonchev–Trinajstić information content (AvgIpc) is 2.38. The number of nitrogens with two attached hydrogens (primary N) is 1. The maximum Gasteiger partial charge on any atom is 0.220 e. The van der Waals surface area contributed by atoms with Crippen LogP contribution in [0.2, 0.25) is 0 Å². The van der Waals surface area contributed by atoms with Crippen LogP contribution in [0, 0.1) is 5.41 Å². The number of hydrogen-bond acceptors (Lipinski definition) is 3. The van der Waals surface area contributed by atoms with E-state index in [1.807, 2.05) is 12.1 Å². The van der Waals surface area contributed by atoms with Crippen molar-refractivity contribution >= 4 is 5.91 Å². The van der Waals surface area contributed by atoms with E-state index in [0.29, 0.717) is 19.5 Å². The predicted octanol–water partition coefficient (Wildman–Crippen LogP) is 1.90. The van der Waals surface area contributed by atoms with Gasteiger partial charge in [0.15, 0.2) is 0 Å². The summed E-state index contributed by atoms with van der Waals surface area (Å²) >= 11 is 0.